The van der Waals surface area contributed by atoms with Gasteiger partial charge in [0.25, 0.3) is 0 Å². The zero-order chi connectivity index (χ0) is 13.7. The maximum absolute atomic E-state index is 11.2. The van der Waals surface area contributed by atoms with E-state index < -0.39 is 0 Å². The first-order chi connectivity index (χ1) is 9.20. The SMILES string of the molecule is CNC(CN1CCN(c2ncccn2)CC1)C(N)=O. The lowest BCUT2D eigenvalue weighted by Crippen LogP contribution is -2.53. The molecule has 1 atom stereocenters. The maximum Gasteiger partial charge on any atom is 0.235 e. The lowest BCUT2D eigenvalue weighted by atomic mass is 10.2. The summed E-state index contributed by atoms with van der Waals surface area (Å²) in [5.41, 5.74) is 5.32. The van der Waals surface area contributed by atoms with Crippen molar-refractivity contribution in [2.24, 2.45) is 5.73 Å². The van der Waals surface area contributed by atoms with Crippen molar-refractivity contribution < 1.29 is 4.79 Å². The fourth-order valence-corrected chi connectivity index (χ4v) is 2.17. The minimum absolute atomic E-state index is 0.292. The van der Waals surface area contributed by atoms with Crippen LogP contribution in [0.1, 0.15) is 0 Å². The van der Waals surface area contributed by atoms with Gasteiger partial charge < -0.3 is 16.0 Å². The Bertz CT molecular complexity index is 404. The molecule has 2 heterocycles. The van der Waals surface area contributed by atoms with Crippen molar-refractivity contribution in [3.8, 4) is 0 Å². The molecule has 3 N–H and O–H groups in total. The maximum atomic E-state index is 11.2. The minimum atomic E-state index is -0.309. The number of hydrogen-bond donors (Lipinski definition) is 2. The molecule has 0 saturated carbocycles. The van der Waals surface area contributed by atoms with Crippen LogP contribution >= 0.6 is 0 Å². The Morgan fingerprint density at radius 2 is 2.00 bits per heavy atom. The minimum Gasteiger partial charge on any atom is -0.368 e. The lowest BCUT2D eigenvalue weighted by Gasteiger charge is -2.35. The molecule has 19 heavy (non-hydrogen) atoms. The van der Waals surface area contributed by atoms with Gasteiger partial charge in [-0.3, -0.25) is 9.69 Å². The Morgan fingerprint density at radius 3 is 2.53 bits per heavy atom. The molecule has 0 radical (unpaired) electrons. The Balaban J connectivity index is 1.84. The molecule has 1 unspecified atom stereocenters. The number of amides is 1. The first-order valence-corrected chi connectivity index (χ1v) is 6.41. The Hall–Kier alpha value is -1.73. The Labute approximate surface area is 112 Å². The fourth-order valence-electron chi connectivity index (χ4n) is 2.17. The highest BCUT2D eigenvalue weighted by Crippen LogP contribution is 2.09. The summed E-state index contributed by atoms with van der Waals surface area (Å²) in [5.74, 6) is 0.457. The van der Waals surface area contributed by atoms with Crippen LogP contribution in [-0.4, -0.2) is 66.6 Å². The summed E-state index contributed by atoms with van der Waals surface area (Å²) in [5, 5.41) is 2.94. The summed E-state index contributed by atoms with van der Waals surface area (Å²) in [4.78, 5) is 24.1. The van der Waals surface area contributed by atoms with Crippen molar-refractivity contribution in [2.45, 2.75) is 6.04 Å². The molecular weight excluding hydrogens is 244 g/mol. The van der Waals surface area contributed by atoms with Crippen LogP contribution in [-0.2, 0) is 4.79 Å². The van der Waals surface area contributed by atoms with Gasteiger partial charge in [-0.25, -0.2) is 9.97 Å². The number of hydrogen-bond acceptors (Lipinski definition) is 6. The van der Waals surface area contributed by atoms with E-state index in [1.807, 2.05) is 6.07 Å². The molecule has 0 spiro atoms. The van der Waals surface area contributed by atoms with Crippen LogP contribution in [0.3, 0.4) is 0 Å². The Kier molecular flexibility index (Phi) is 4.64. The number of likely N-dealkylation sites (N-methyl/N-ethyl adjacent to an activating group) is 1. The number of carbonyl (C=O) groups excluding carboxylic acids is 1. The number of rotatable bonds is 5. The van der Waals surface area contributed by atoms with Gasteiger partial charge in [0.05, 0.1) is 6.04 Å². The molecule has 1 aromatic heterocycles. The van der Waals surface area contributed by atoms with Crippen molar-refractivity contribution in [1.82, 2.24) is 20.2 Å². The third-order valence-electron chi connectivity index (χ3n) is 3.34. The van der Waals surface area contributed by atoms with E-state index in [9.17, 15) is 4.79 Å². The largest absolute Gasteiger partial charge is 0.368 e. The summed E-state index contributed by atoms with van der Waals surface area (Å²) < 4.78 is 0. The fraction of sp³-hybridized carbons (Fsp3) is 0.583. The molecule has 2 rings (SSSR count). The predicted molar refractivity (Wildman–Crippen MR) is 72.7 cm³/mol. The second kappa shape index (κ2) is 6.44. The van der Waals surface area contributed by atoms with Gasteiger partial charge in [-0.05, 0) is 13.1 Å². The molecule has 0 aliphatic carbocycles. The van der Waals surface area contributed by atoms with Gasteiger partial charge in [-0.2, -0.15) is 0 Å². The summed E-state index contributed by atoms with van der Waals surface area (Å²) in [6.45, 7) is 4.13. The van der Waals surface area contributed by atoms with E-state index in [1.54, 1.807) is 19.4 Å². The van der Waals surface area contributed by atoms with Gasteiger partial charge in [-0.1, -0.05) is 0 Å². The van der Waals surface area contributed by atoms with Crippen LogP contribution < -0.4 is 16.0 Å². The van der Waals surface area contributed by atoms with E-state index in [0.717, 1.165) is 32.1 Å². The summed E-state index contributed by atoms with van der Waals surface area (Å²) in [7, 11) is 1.75. The third kappa shape index (κ3) is 3.62. The van der Waals surface area contributed by atoms with Crippen LogP contribution in [0.5, 0.6) is 0 Å². The average molecular weight is 264 g/mol. The third-order valence-corrected chi connectivity index (χ3v) is 3.34. The van der Waals surface area contributed by atoms with Crippen molar-refractivity contribution in [2.75, 3.05) is 44.7 Å². The van der Waals surface area contributed by atoms with Crippen molar-refractivity contribution >= 4 is 11.9 Å². The summed E-state index contributed by atoms with van der Waals surface area (Å²) >= 11 is 0. The second-order valence-corrected chi connectivity index (χ2v) is 4.58. The van der Waals surface area contributed by atoms with Gasteiger partial charge in [-0.15, -0.1) is 0 Å². The van der Waals surface area contributed by atoms with Crippen LogP contribution in [0.15, 0.2) is 18.5 Å². The van der Waals surface area contributed by atoms with Crippen LogP contribution in [0.25, 0.3) is 0 Å². The van der Waals surface area contributed by atoms with E-state index in [0.29, 0.717) is 6.54 Å². The molecule has 0 bridgehead atoms. The average Bonchev–Trinajstić information content (AvgIpc) is 2.46. The first kappa shape index (κ1) is 13.7. The predicted octanol–water partition coefficient (Wildman–Crippen LogP) is -1.33. The molecule has 0 aromatic carbocycles. The van der Waals surface area contributed by atoms with Crippen molar-refractivity contribution in [1.29, 1.82) is 0 Å². The zero-order valence-electron chi connectivity index (χ0n) is 11.1. The molecule has 7 heteroatoms. The molecular formula is C12H20N6O. The van der Waals surface area contributed by atoms with Crippen LogP contribution in [0, 0.1) is 0 Å². The van der Waals surface area contributed by atoms with E-state index in [2.05, 4.69) is 25.1 Å². The van der Waals surface area contributed by atoms with Gasteiger partial charge in [0.1, 0.15) is 0 Å². The molecule has 1 aliphatic rings. The van der Waals surface area contributed by atoms with E-state index in [-0.39, 0.29) is 11.9 Å². The summed E-state index contributed by atoms with van der Waals surface area (Å²) in [6, 6.07) is 1.52. The number of nitrogens with two attached hydrogens (primary N) is 1. The Morgan fingerprint density at radius 1 is 1.37 bits per heavy atom. The first-order valence-electron chi connectivity index (χ1n) is 6.41. The molecule has 1 aromatic rings. The van der Waals surface area contributed by atoms with E-state index in [1.165, 1.54) is 0 Å². The van der Waals surface area contributed by atoms with Gasteiger partial charge in [0.15, 0.2) is 0 Å². The number of aromatic nitrogens is 2. The monoisotopic (exact) mass is 264 g/mol. The van der Waals surface area contributed by atoms with Crippen molar-refractivity contribution in [3.63, 3.8) is 0 Å². The zero-order valence-corrected chi connectivity index (χ0v) is 11.1. The van der Waals surface area contributed by atoms with Crippen LogP contribution in [0.2, 0.25) is 0 Å². The van der Waals surface area contributed by atoms with Crippen LogP contribution in [0.4, 0.5) is 5.95 Å². The van der Waals surface area contributed by atoms with Gasteiger partial charge >= 0.3 is 0 Å². The number of nitrogens with one attached hydrogen (secondary N) is 1. The lowest BCUT2D eigenvalue weighted by molar-refractivity contribution is -0.120. The smallest absolute Gasteiger partial charge is 0.235 e. The highest BCUT2D eigenvalue weighted by molar-refractivity contribution is 5.80. The number of anilines is 1. The molecule has 1 fully saturated rings. The quantitative estimate of drug-likeness (QED) is 0.685. The number of carbonyl (C=O) groups is 1. The van der Waals surface area contributed by atoms with Crippen molar-refractivity contribution in [3.05, 3.63) is 18.5 Å². The highest BCUT2D eigenvalue weighted by Gasteiger charge is 2.22. The van der Waals surface area contributed by atoms with E-state index >= 15 is 0 Å². The molecule has 104 valence electrons. The molecule has 7 nitrogen and oxygen atoms in total. The van der Waals surface area contributed by atoms with Gasteiger partial charge in [0.2, 0.25) is 11.9 Å². The van der Waals surface area contributed by atoms with E-state index in [4.69, 9.17) is 5.73 Å². The summed E-state index contributed by atoms with van der Waals surface area (Å²) in [6.07, 6.45) is 3.50. The molecule has 1 amide bonds. The topological polar surface area (TPSA) is 87.4 Å². The standard InChI is InChI=1S/C12H20N6O/c1-14-10(11(13)19)9-17-5-7-18(8-6-17)12-15-3-2-4-16-12/h2-4,10,14H,5-9H2,1H3,(H2,13,19). The molecule has 1 saturated heterocycles. The molecule has 1 aliphatic heterocycles. The normalized spacial score (nSPS) is 18.3. The second-order valence-electron chi connectivity index (χ2n) is 4.58. The number of nitrogens with zero attached hydrogens (tertiary/aromatic N) is 4. The number of piperazine rings is 1. The van der Waals surface area contributed by atoms with Gasteiger partial charge in [0, 0.05) is 45.1 Å². The number of primary amides is 1. The highest BCUT2D eigenvalue weighted by atomic mass is 16.1.